The van der Waals surface area contributed by atoms with Gasteiger partial charge in [0.2, 0.25) is 5.91 Å². The molecule has 0 atom stereocenters. The highest BCUT2D eigenvalue weighted by molar-refractivity contribution is 5.79. The molecule has 3 rings (SSSR count). The van der Waals surface area contributed by atoms with Crippen molar-refractivity contribution in [2.24, 2.45) is 5.92 Å². The number of hydrogen-bond acceptors (Lipinski definition) is 4. The molecule has 2 aliphatic rings. The molecule has 0 unspecified atom stereocenters. The number of likely N-dealkylation sites (tertiary alicyclic amines) is 1. The van der Waals surface area contributed by atoms with Crippen LogP contribution in [-0.4, -0.2) is 52.4 Å². The number of aromatic nitrogens is 2. The zero-order valence-corrected chi connectivity index (χ0v) is 11.4. The van der Waals surface area contributed by atoms with Gasteiger partial charge in [-0.25, -0.2) is 9.97 Å². The van der Waals surface area contributed by atoms with Crippen LogP contribution in [0, 0.1) is 5.92 Å². The average Bonchev–Trinajstić information content (AvgIpc) is 2.47. The van der Waals surface area contributed by atoms with Gasteiger partial charge in [-0.2, -0.15) is 0 Å². The van der Waals surface area contributed by atoms with E-state index < -0.39 is 0 Å². The zero-order chi connectivity index (χ0) is 13.2. The summed E-state index contributed by atoms with van der Waals surface area (Å²) in [6, 6.07) is 0. The van der Waals surface area contributed by atoms with E-state index in [1.807, 2.05) is 11.1 Å². The Bertz CT molecular complexity index is 468. The van der Waals surface area contributed by atoms with Crippen molar-refractivity contribution >= 4 is 5.91 Å². The van der Waals surface area contributed by atoms with Gasteiger partial charge in [0.25, 0.3) is 0 Å². The molecule has 1 amide bonds. The molecule has 1 fully saturated rings. The second kappa shape index (κ2) is 5.25. The number of carbonyl (C=O) groups excluding carboxylic acids is 1. The fourth-order valence-corrected chi connectivity index (χ4v) is 2.97. The second-order valence-electron chi connectivity index (χ2n) is 5.58. The number of hydrogen-bond donors (Lipinski definition) is 0. The van der Waals surface area contributed by atoms with Crippen molar-refractivity contribution < 1.29 is 4.79 Å². The summed E-state index contributed by atoms with van der Waals surface area (Å²) in [6.07, 6.45) is 6.27. The minimum Gasteiger partial charge on any atom is -0.338 e. The predicted octanol–water partition coefficient (Wildman–Crippen LogP) is 0.703. The van der Waals surface area contributed by atoms with Gasteiger partial charge in [0, 0.05) is 37.2 Å². The Balaban J connectivity index is 1.66. The van der Waals surface area contributed by atoms with E-state index in [1.165, 1.54) is 0 Å². The Morgan fingerprint density at radius 3 is 2.89 bits per heavy atom. The van der Waals surface area contributed by atoms with E-state index in [2.05, 4.69) is 21.9 Å². The fraction of sp³-hybridized carbons (Fsp3) is 0.643. The number of piperidine rings is 1. The van der Waals surface area contributed by atoms with Gasteiger partial charge in [0.15, 0.2) is 0 Å². The van der Waals surface area contributed by atoms with Crippen molar-refractivity contribution in [1.82, 2.24) is 19.8 Å². The summed E-state index contributed by atoms with van der Waals surface area (Å²) in [5.74, 6) is 0.532. The second-order valence-corrected chi connectivity index (χ2v) is 5.58. The van der Waals surface area contributed by atoms with E-state index in [0.29, 0.717) is 12.5 Å². The summed E-state index contributed by atoms with van der Waals surface area (Å²) in [5.41, 5.74) is 2.21. The minimum atomic E-state index is 0.211. The lowest BCUT2D eigenvalue weighted by molar-refractivity contribution is -0.138. The Morgan fingerprint density at radius 2 is 2.11 bits per heavy atom. The minimum absolute atomic E-state index is 0.211. The Hall–Kier alpha value is -1.49. The van der Waals surface area contributed by atoms with Crippen LogP contribution in [0.15, 0.2) is 12.5 Å². The van der Waals surface area contributed by atoms with Gasteiger partial charge >= 0.3 is 0 Å². The SMILES string of the molecule is CN1CCC(C(=O)N2CCc3ncncc3C2)CC1. The van der Waals surface area contributed by atoms with Crippen LogP contribution in [0.25, 0.3) is 0 Å². The van der Waals surface area contributed by atoms with Gasteiger partial charge in [-0.15, -0.1) is 0 Å². The highest BCUT2D eigenvalue weighted by Crippen LogP contribution is 2.22. The molecule has 0 spiro atoms. The highest BCUT2D eigenvalue weighted by atomic mass is 16.2. The first-order valence-corrected chi connectivity index (χ1v) is 6.99. The molecule has 5 nitrogen and oxygen atoms in total. The van der Waals surface area contributed by atoms with Crippen LogP contribution in [0.5, 0.6) is 0 Å². The number of rotatable bonds is 1. The topological polar surface area (TPSA) is 49.3 Å². The molecule has 0 radical (unpaired) electrons. The predicted molar refractivity (Wildman–Crippen MR) is 71.4 cm³/mol. The molecule has 0 N–H and O–H groups in total. The third kappa shape index (κ3) is 2.61. The zero-order valence-electron chi connectivity index (χ0n) is 11.4. The van der Waals surface area contributed by atoms with Crippen LogP contribution in [-0.2, 0) is 17.8 Å². The van der Waals surface area contributed by atoms with Crippen LogP contribution < -0.4 is 0 Å². The van der Waals surface area contributed by atoms with Crippen LogP contribution in [0.4, 0.5) is 0 Å². The third-order valence-electron chi connectivity index (χ3n) is 4.24. The molecule has 1 aromatic heterocycles. The van der Waals surface area contributed by atoms with Crippen LogP contribution >= 0.6 is 0 Å². The molecule has 0 bridgehead atoms. The highest BCUT2D eigenvalue weighted by Gasteiger charge is 2.29. The molecule has 0 aliphatic carbocycles. The number of carbonyl (C=O) groups is 1. The first kappa shape index (κ1) is 12.5. The molecule has 102 valence electrons. The van der Waals surface area contributed by atoms with E-state index >= 15 is 0 Å². The van der Waals surface area contributed by atoms with E-state index in [4.69, 9.17) is 0 Å². The lowest BCUT2D eigenvalue weighted by atomic mass is 9.94. The molecule has 1 aromatic rings. The maximum absolute atomic E-state index is 12.5. The third-order valence-corrected chi connectivity index (χ3v) is 4.24. The first-order chi connectivity index (χ1) is 9.24. The lowest BCUT2D eigenvalue weighted by Gasteiger charge is -2.34. The Kier molecular flexibility index (Phi) is 3.46. The van der Waals surface area contributed by atoms with Gasteiger partial charge in [-0.1, -0.05) is 0 Å². The summed E-state index contributed by atoms with van der Waals surface area (Å²) in [4.78, 5) is 25.2. The Labute approximate surface area is 113 Å². The van der Waals surface area contributed by atoms with Crippen molar-refractivity contribution in [3.63, 3.8) is 0 Å². The van der Waals surface area contributed by atoms with Gasteiger partial charge < -0.3 is 9.80 Å². The molecular formula is C14H20N4O. The van der Waals surface area contributed by atoms with E-state index in [9.17, 15) is 4.79 Å². The molecular weight excluding hydrogens is 240 g/mol. The number of amides is 1. The molecule has 3 heterocycles. The van der Waals surface area contributed by atoms with E-state index in [0.717, 1.165) is 50.2 Å². The van der Waals surface area contributed by atoms with Crippen LogP contribution in [0.3, 0.4) is 0 Å². The fourth-order valence-electron chi connectivity index (χ4n) is 2.97. The van der Waals surface area contributed by atoms with Crippen molar-refractivity contribution in [3.8, 4) is 0 Å². The molecule has 0 aromatic carbocycles. The Morgan fingerprint density at radius 1 is 1.32 bits per heavy atom. The van der Waals surface area contributed by atoms with Gasteiger partial charge in [-0.05, 0) is 33.0 Å². The first-order valence-electron chi connectivity index (χ1n) is 6.99. The summed E-state index contributed by atoms with van der Waals surface area (Å²) < 4.78 is 0. The maximum Gasteiger partial charge on any atom is 0.226 e. The van der Waals surface area contributed by atoms with Crippen molar-refractivity contribution in [3.05, 3.63) is 23.8 Å². The quantitative estimate of drug-likeness (QED) is 0.746. The van der Waals surface area contributed by atoms with Crippen molar-refractivity contribution in [2.45, 2.75) is 25.8 Å². The van der Waals surface area contributed by atoms with Gasteiger partial charge in [0.05, 0.1) is 5.69 Å². The monoisotopic (exact) mass is 260 g/mol. The summed E-state index contributed by atoms with van der Waals surface area (Å²) in [7, 11) is 2.12. The normalized spacial score (nSPS) is 21.2. The smallest absolute Gasteiger partial charge is 0.226 e. The van der Waals surface area contributed by atoms with Crippen LogP contribution in [0.1, 0.15) is 24.1 Å². The summed E-state index contributed by atoms with van der Waals surface area (Å²) >= 11 is 0. The molecule has 19 heavy (non-hydrogen) atoms. The largest absolute Gasteiger partial charge is 0.338 e. The lowest BCUT2D eigenvalue weighted by Crippen LogP contribution is -2.43. The summed E-state index contributed by atoms with van der Waals surface area (Å²) in [5, 5.41) is 0. The maximum atomic E-state index is 12.5. The summed E-state index contributed by atoms with van der Waals surface area (Å²) in [6.45, 7) is 3.55. The molecule has 0 saturated carbocycles. The molecule has 2 aliphatic heterocycles. The van der Waals surface area contributed by atoms with Crippen molar-refractivity contribution in [1.29, 1.82) is 0 Å². The van der Waals surface area contributed by atoms with Crippen molar-refractivity contribution in [2.75, 3.05) is 26.7 Å². The number of nitrogens with zero attached hydrogens (tertiary/aromatic N) is 4. The molecule has 5 heteroatoms. The van der Waals surface area contributed by atoms with E-state index in [1.54, 1.807) is 6.33 Å². The number of fused-ring (bicyclic) bond motifs is 1. The van der Waals surface area contributed by atoms with Gasteiger partial charge in [0.1, 0.15) is 6.33 Å². The van der Waals surface area contributed by atoms with Crippen LogP contribution in [0.2, 0.25) is 0 Å². The van der Waals surface area contributed by atoms with E-state index in [-0.39, 0.29) is 5.92 Å². The standard InChI is InChI=1S/C14H20N4O/c1-17-5-2-11(3-6-17)14(19)18-7-4-13-12(9-18)8-15-10-16-13/h8,10-11H,2-7,9H2,1H3. The average molecular weight is 260 g/mol. The van der Waals surface area contributed by atoms with Gasteiger partial charge in [-0.3, -0.25) is 4.79 Å². The molecule has 1 saturated heterocycles.